The van der Waals surface area contributed by atoms with Gasteiger partial charge in [0.1, 0.15) is 5.76 Å². The van der Waals surface area contributed by atoms with Gasteiger partial charge in [-0.2, -0.15) is 0 Å². The highest BCUT2D eigenvalue weighted by Gasteiger charge is 2.16. The van der Waals surface area contributed by atoms with Gasteiger partial charge < -0.3 is 9.73 Å². The Kier molecular flexibility index (Phi) is 4.37. The fourth-order valence-corrected chi connectivity index (χ4v) is 2.22. The van der Waals surface area contributed by atoms with Gasteiger partial charge in [-0.05, 0) is 25.1 Å². The molecule has 0 aliphatic carbocycles. The summed E-state index contributed by atoms with van der Waals surface area (Å²) in [5, 5.41) is 4.24. The van der Waals surface area contributed by atoms with Gasteiger partial charge in [0.05, 0.1) is 6.04 Å². The summed E-state index contributed by atoms with van der Waals surface area (Å²) >= 11 is 0. The zero-order valence-corrected chi connectivity index (χ0v) is 11.0. The van der Waals surface area contributed by atoms with E-state index in [1.54, 1.807) is 6.07 Å². The van der Waals surface area contributed by atoms with Crippen LogP contribution in [0.25, 0.3) is 11.0 Å². The molecule has 1 aromatic heterocycles. The lowest BCUT2D eigenvalue weighted by Crippen LogP contribution is -2.20. The molecule has 0 amide bonds. The fraction of sp³-hybridized carbons (Fsp3) is 0.467. The maximum absolute atomic E-state index is 13.6. The van der Waals surface area contributed by atoms with Crippen LogP contribution >= 0.6 is 0 Å². The van der Waals surface area contributed by atoms with Gasteiger partial charge in [-0.15, -0.1) is 0 Å². The number of hydrogen-bond acceptors (Lipinski definition) is 2. The molecule has 0 spiro atoms. The molecule has 0 aliphatic rings. The van der Waals surface area contributed by atoms with Crippen LogP contribution in [-0.2, 0) is 0 Å². The summed E-state index contributed by atoms with van der Waals surface area (Å²) in [5.41, 5.74) is 0.368. The molecule has 3 heteroatoms. The summed E-state index contributed by atoms with van der Waals surface area (Å²) in [6.07, 6.45) is 3.31. The lowest BCUT2D eigenvalue weighted by Gasteiger charge is -2.14. The highest BCUT2D eigenvalue weighted by atomic mass is 19.1. The van der Waals surface area contributed by atoms with E-state index in [2.05, 4.69) is 19.2 Å². The maximum Gasteiger partial charge on any atom is 0.169 e. The molecule has 1 atom stereocenters. The molecule has 0 aliphatic heterocycles. The van der Waals surface area contributed by atoms with Crippen molar-refractivity contribution in [3.05, 3.63) is 35.8 Å². The van der Waals surface area contributed by atoms with Crippen LogP contribution in [0.1, 0.15) is 44.9 Å². The van der Waals surface area contributed by atoms with E-state index in [0.29, 0.717) is 5.58 Å². The third kappa shape index (κ3) is 2.72. The van der Waals surface area contributed by atoms with Crippen LogP contribution in [0.3, 0.4) is 0 Å². The maximum atomic E-state index is 13.6. The summed E-state index contributed by atoms with van der Waals surface area (Å²) in [6, 6.07) is 7.16. The standard InChI is InChI=1S/C15H20FNO/c1-3-5-9-13(17-4-2)14-10-11-7-6-8-12(16)15(11)18-14/h6-8,10,13,17H,3-5,9H2,1-2H3. The molecule has 0 radical (unpaired) electrons. The largest absolute Gasteiger partial charge is 0.456 e. The van der Waals surface area contributed by atoms with E-state index >= 15 is 0 Å². The molecule has 0 fully saturated rings. The van der Waals surface area contributed by atoms with E-state index in [-0.39, 0.29) is 11.9 Å². The molecule has 1 heterocycles. The highest BCUT2D eigenvalue weighted by Crippen LogP contribution is 2.28. The minimum absolute atomic E-state index is 0.182. The first kappa shape index (κ1) is 13.1. The molecule has 2 rings (SSSR count). The first-order chi connectivity index (χ1) is 8.76. The molecular formula is C15H20FNO. The van der Waals surface area contributed by atoms with E-state index in [1.165, 1.54) is 6.07 Å². The molecule has 2 nitrogen and oxygen atoms in total. The second-order valence-electron chi connectivity index (χ2n) is 4.56. The molecular weight excluding hydrogens is 229 g/mol. The van der Waals surface area contributed by atoms with Gasteiger partial charge in [-0.3, -0.25) is 0 Å². The zero-order chi connectivity index (χ0) is 13.0. The number of para-hydroxylation sites is 1. The van der Waals surface area contributed by atoms with Gasteiger partial charge in [-0.1, -0.05) is 38.8 Å². The van der Waals surface area contributed by atoms with Crippen LogP contribution in [0, 0.1) is 5.82 Å². The number of benzene rings is 1. The Morgan fingerprint density at radius 2 is 2.17 bits per heavy atom. The number of halogens is 1. The molecule has 98 valence electrons. The highest BCUT2D eigenvalue weighted by molar-refractivity contribution is 5.78. The fourth-order valence-electron chi connectivity index (χ4n) is 2.22. The predicted octanol–water partition coefficient (Wildman–Crippen LogP) is 4.41. The molecule has 0 bridgehead atoms. The van der Waals surface area contributed by atoms with Gasteiger partial charge in [0.15, 0.2) is 11.4 Å². The van der Waals surface area contributed by atoms with Crippen molar-refractivity contribution in [1.29, 1.82) is 0 Å². The van der Waals surface area contributed by atoms with Crippen molar-refractivity contribution in [2.45, 2.75) is 39.2 Å². The van der Waals surface area contributed by atoms with Crippen molar-refractivity contribution >= 4 is 11.0 Å². The Balaban J connectivity index is 2.29. The first-order valence-corrected chi connectivity index (χ1v) is 6.67. The number of rotatable bonds is 6. The summed E-state index contributed by atoms with van der Waals surface area (Å²) < 4.78 is 19.3. The zero-order valence-electron chi connectivity index (χ0n) is 11.0. The van der Waals surface area contributed by atoms with E-state index in [0.717, 1.165) is 37.0 Å². The molecule has 1 unspecified atom stereocenters. The van der Waals surface area contributed by atoms with Crippen molar-refractivity contribution < 1.29 is 8.81 Å². The Hall–Kier alpha value is -1.35. The van der Waals surface area contributed by atoms with Gasteiger partial charge in [0.25, 0.3) is 0 Å². The summed E-state index contributed by atoms with van der Waals surface area (Å²) in [6.45, 7) is 5.12. The Labute approximate surface area is 107 Å². The SMILES string of the molecule is CCCCC(NCC)c1cc2cccc(F)c2o1. The Bertz CT molecular complexity index is 506. The van der Waals surface area contributed by atoms with Crippen LogP contribution in [0.15, 0.2) is 28.7 Å². The van der Waals surface area contributed by atoms with Gasteiger partial charge in [0.2, 0.25) is 0 Å². The van der Waals surface area contributed by atoms with Crippen LogP contribution in [0.5, 0.6) is 0 Å². The van der Waals surface area contributed by atoms with Gasteiger partial charge >= 0.3 is 0 Å². The van der Waals surface area contributed by atoms with E-state index in [1.807, 2.05) is 12.1 Å². The summed E-state index contributed by atoms with van der Waals surface area (Å²) in [7, 11) is 0. The molecule has 1 aromatic carbocycles. The molecule has 0 saturated carbocycles. The van der Waals surface area contributed by atoms with Gasteiger partial charge in [0, 0.05) is 5.39 Å². The third-order valence-electron chi connectivity index (χ3n) is 3.16. The lowest BCUT2D eigenvalue weighted by atomic mass is 10.1. The number of fused-ring (bicyclic) bond motifs is 1. The monoisotopic (exact) mass is 249 g/mol. The van der Waals surface area contributed by atoms with Crippen molar-refractivity contribution in [2.75, 3.05) is 6.54 Å². The third-order valence-corrected chi connectivity index (χ3v) is 3.16. The minimum Gasteiger partial charge on any atom is -0.456 e. The second kappa shape index (κ2) is 6.01. The van der Waals surface area contributed by atoms with Crippen molar-refractivity contribution in [2.24, 2.45) is 0 Å². The number of nitrogens with one attached hydrogen (secondary N) is 1. The summed E-state index contributed by atoms with van der Waals surface area (Å²) in [5.74, 6) is 0.551. The average molecular weight is 249 g/mol. The van der Waals surface area contributed by atoms with Crippen LogP contribution in [0.4, 0.5) is 4.39 Å². The smallest absolute Gasteiger partial charge is 0.169 e. The van der Waals surface area contributed by atoms with Crippen LogP contribution in [0.2, 0.25) is 0 Å². The predicted molar refractivity (Wildman–Crippen MR) is 72.1 cm³/mol. The Morgan fingerprint density at radius 1 is 1.33 bits per heavy atom. The quantitative estimate of drug-likeness (QED) is 0.820. The molecule has 0 saturated heterocycles. The molecule has 2 aromatic rings. The van der Waals surface area contributed by atoms with Crippen LogP contribution < -0.4 is 5.32 Å². The van der Waals surface area contributed by atoms with Crippen LogP contribution in [-0.4, -0.2) is 6.54 Å². The topological polar surface area (TPSA) is 25.2 Å². The van der Waals surface area contributed by atoms with Crippen molar-refractivity contribution in [3.8, 4) is 0 Å². The van der Waals surface area contributed by atoms with Gasteiger partial charge in [-0.25, -0.2) is 4.39 Å². The number of unbranched alkanes of at least 4 members (excludes halogenated alkanes) is 1. The second-order valence-corrected chi connectivity index (χ2v) is 4.56. The summed E-state index contributed by atoms with van der Waals surface area (Å²) in [4.78, 5) is 0. The average Bonchev–Trinajstić information content (AvgIpc) is 2.80. The van der Waals surface area contributed by atoms with E-state index < -0.39 is 0 Å². The van der Waals surface area contributed by atoms with E-state index in [4.69, 9.17) is 4.42 Å². The van der Waals surface area contributed by atoms with Crippen molar-refractivity contribution in [1.82, 2.24) is 5.32 Å². The molecule has 1 N–H and O–H groups in total. The Morgan fingerprint density at radius 3 is 2.83 bits per heavy atom. The van der Waals surface area contributed by atoms with Crippen molar-refractivity contribution in [3.63, 3.8) is 0 Å². The number of furan rings is 1. The minimum atomic E-state index is -0.288. The first-order valence-electron chi connectivity index (χ1n) is 6.67. The lowest BCUT2D eigenvalue weighted by molar-refractivity contribution is 0.403. The number of hydrogen-bond donors (Lipinski definition) is 1. The normalized spacial score (nSPS) is 13.1. The van der Waals surface area contributed by atoms with E-state index in [9.17, 15) is 4.39 Å². The molecule has 18 heavy (non-hydrogen) atoms.